The highest BCUT2D eigenvalue weighted by molar-refractivity contribution is 7.93. The van der Waals surface area contributed by atoms with Gasteiger partial charge in [0.1, 0.15) is 16.7 Å². The molecule has 0 bridgehead atoms. The first-order valence-electron chi connectivity index (χ1n) is 11.6. The Morgan fingerprint density at radius 3 is 2.37 bits per heavy atom. The quantitative estimate of drug-likeness (QED) is 0.355. The van der Waals surface area contributed by atoms with Gasteiger partial charge in [-0.1, -0.05) is 0 Å². The molecular weight excluding hydrogens is 607 g/mol. The molecule has 1 aliphatic heterocycles. The van der Waals surface area contributed by atoms with Crippen LogP contribution in [-0.4, -0.2) is 70.2 Å². The number of halogens is 5. The molecule has 2 atom stereocenters. The second-order valence-electron chi connectivity index (χ2n) is 9.30. The number of anilines is 2. The molecule has 41 heavy (non-hydrogen) atoms. The third-order valence-corrected chi connectivity index (χ3v) is 9.10. The van der Waals surface area contributed by atoms with Crippen molar-refractivity contribution in [1.29, 1.82) is 0 Å². The lowest BCUT2D eigenvalue weighted by molar-refractivity contribution is -0.242. The van der Waals surface area contributed by atoms with E-state index in [9.17, 15) is 43.6 Å². The summed E-state index contributed by atoms with van der Waals surface area (Å²) < 4.78 is 133. The highest BCUT2D eigenvalue weighted by Gasteiger charge is 2.51. The van der Waals surface area contributed by atoms with Gasteiger partial charge < -0.3 is 9.47 Å². The number of hydrogen-bond donors (Lipinski definition) is 3. The average Bonchev–Trinajstić information content (AvgIpc) is 3.24. The fraction of sp³-hybridized carbons (Fsp3) is 0.524. The predicted molar refractivity (Wildman–Crippen MR) is 134 cm³/mol. The minimum absolute atomic E-state index is 0.131. The number of ether oxygens (including phenoxy) is 2. The van der Waals surface area contributed by atoms with Gasteiger partial charge in [-0.15, -0.1) is 0 Å². The van der Waals surface area contributed by atoms with Crippen LogP contribution < -0.4 is 23.8 Å². The predicted octanol–water partition coefficient (Wildman–Crippen LogP) is 2.87. The van der Waals surface area contributed by atoms with Crippen LogP contribution in [0.15, 0.2) is 29.3 Å². The molecule has 1 aromatic heterocycles. The maximum atomic E-state index is 13.8. The fourth-order valence-electron chi connectivity index (χ4n) is 3.68. The van der Waals surface area contributed by atoms with E-state index in [2.05, 4.69) is 19.9 Å². The second kappa shape index (κ2) is 11.2. The van der Waals surface area contributed by atoms with Crippen molar-refractivity contribution in [2.24, 2.45) is 0 Å². The van der Waals surface area contributed by atoms with Gasteiger partial charge in [-0.05, 0) is 45.9 Å². The highest BCUT2D eigenvalue weighted by Crippen LogP contribution is 2.42. The van der Waals surface area contributed by atoms with Crippen LogP contribution in [0.5, 0.6) is 5.75 Å². The van der Waals surface area contributed by atoms with Gasteiger partial charge in [0.25, 0.3) is 20.2 Å². The molecule has 2 unspecified atom stereocenters. The van der Waals surface area contributed by atoms with E-state index < -0.39 is 68.2 Å². The number of aromatic nitrogens is 2. The Labute approximate surface area is 232 Å². The molecule has 0 saturated carbocycles. The zero-order chi connectivity index (χ0) is 31.1. The minimum atomic E-state index is -4.89. The number of carbonyl (C=O) groups excluding carboxylic acids is 1. The number of nitrogens with zero attached hydrogens (tertiary/aromatic N) is 3. The molecule has 2 heterocycles. The summed E-state index contributed by atoms with van der Waals surface area (Å²) in [6.45, 7) is 0.225. The van der Waals surface area contributed by atoms with E-state index in [4.69, 9.17) is 4.74 Å². The smallest absolute Gasteiger partial charge is 0.427 e. The van der Waals surface area contributed by atoms with E-state index in [0.29, 0.717) is 20.0 Å². The van der Waals surface area contributed by atoms with Gasteiger partial charge in [0, 0.05) is 12.7 Å². The SMILES string of the molecule is CNS(=O)(=O)NCC1Oc2ccc(NC(=O)OC(C)(C)C(F)(F)F)cc2N(S(=O)(=O)c2cn(C(F)F)nc2C)C1C. The molecule has 3 rings (SSSR count). The van der Waals surface area contributed by atoms with Crippen LogP contribution >= 0.6 is 0 Å². The van der Waals surface area contributed by atoms with Gasteiger partial charge in [0.05, 0.1) is 30.2 Å². The molecule has 13 nitrogen and oxygen atoms in total. The van der Waals surface area contributed by atoms with Crippen molar-refractivity contribution in [2.45, 2.75) is 63.1 Å². The summed E-state index contributed by atoms with van der Waals surface area (Å²) in [4.78, 5) is 11.6. The van der Waals surface area contributed by atoms with Crippen LogP contribution in [-0.2, 0) is 25.0 Å². The van der Waals surface area contributed by atoms with E-state index in [1.165, 1.54) is 26.0 Å². The molecule has 0 radical (unpaired) electrons. The molecule has 2 aromatic rings. The first kappa shape index (κ1) is 32.3. The molecule has 0 saturated heterocycles. The number of fused-ring (bicyclic) bond motifs is 1. The number of nitrogens with one attached hydrogen (secondary N) is 3. The molecule has 3 N–H and O–H groups in total. The van der Waals surface area contributed by atoms with E-state index in [1.807, 2.05) is 4.72 Å². The van der Waals surface area contributed by atoms with Crippen molar-refractivity contribution < 1.29 is 53.1 Å². The van der Waals surface area contributed by atoms with E-state index in [-0.39, 0.29) is 27.5 Å². The van der Waals surface area contributed by atoms with Crippen molar-refractivity contribution in [3.05, 3.63) is 30.1 Å². The molecule has 20 heteroatoms. The highest BCUT2D eigenvalue weighted by atomic mass is 32.2. The van der Waals surface area contributed by atoms with Gasteiger partial charge in [0.2, 0.25) is 5.60 Å². The lowest BCUT2D eigenvalue weighted by Gasteiger charge is -2.41. The van der Waals surface area contributed by atoms with Gasteiger partial charge in [-0.2, -0.15) is 40.2 Å². The Morgan fingerprint density at radius 2 is 1.83 bits per heavy atom. The normalized spacial score (nSPS) is 18.2. The third kappa shape index (κ3) is 6.81. The largest absolute Gasteiger partial charge is 0.485 e. The zero-order valence-electron chi connectivity index (χ0n) is 22.2. The van der Waals surface area contributed by atoms with Crippen LogP contribution in [0.25, 0.3) is 0 Å². The van der Waals surface area contributed by atoms with Gasteiger partial charge >= 0.3 is 18.8 Å². The number of carbonyl (C=O) groups is 1. The number of benzene rings is 1. The fourth-order valence-corrected chi connectivity index (χ4v) is 6.05. The molecule has 1 aliphatic rings. The van der Waals surface area contributed by atoms with Gasteiger partial charge in [0.15, 0.2) is 0 Å². The van der Waals surface area contributed by atoms with Crippen LogP contribution in [0, 0.1) is 6.92 Å². The number of amides is 1. The lowest BCUT2D eigenvalue weighted by Crippen LogP contribution is -2.55. The van der Waals surface area contributed by atoms with Gasteiger partial charge in [-0.25, -0.2) is 22.6 Å². The van der Waals surface area contributed by atoms with E-state index in [0.717, 1.165) is 17.4 Å². The molecule has 1 aromatic carbocycles. The Kier molecular flexibility index (Phi) is 8.83. The average molecular weight is 635 g/mol. The van der Waals surface area contributed by atoms with Crippen LogP contribution in [0.3, 0.4) is 0 Å². The second-order valence-corrected chi connectivity index (χ2v) is 12.8. The van der Waals surface area contributed by atoms with Crippen molar-refractivity contribution in [3.63, 3.8) is 0 Å². The summed E-state index contributed by atoms with van der Waals surface area (Å²) in [7, 11) is -7.53. The monoisotopic (exact) mass is 634 g/mol. The summed E-state index contributed by atoms with van der Waals surface area (Å²) in [5.74, 6) is -0.131. The zero-order valence-corrected chi connectivity index (χ0v) is 23.8. The van der Waals surface area contributed by atoms with Gasteiger partial charge in [-0.3, -0.25) is 9.62 Å². The molecule has 0 aliphatic carbocycles. The number of rotatable bonds is 9. The molecular formula is C21H27F5N6O7S2. The van der Waals surface area contributed by atoms with E-state index >= 15 is 0 Å². The van der Waals surface area contributed by atoms with Crippen LogP contribution in [0.2, 0.25) is 0 Å². The first-order valence-corrected chi connectivity index (χ1v) is 14.6. The van der Waals surface area contributed by atoms with Crippen molar-refractivity contribution in [3.8, 4) is 5.75 Å². The summed E-state index contributed by atoms with van der Waals surface area (Å²) in [6, 6.07) is 2.24. The van der Waals surface area contributed by atoms with Crippen LogP contribution in [0.4, 0.5) is 38.1 Å². The number of alkyl halides is 5. The number of sulfonamides is 1. The summed E-state index contributed by atoms with van der Waals surface area (Å²) in [5, 5.41) is 5.61. The maximum Gasteiger partial charge on any atom is 0.427 e. The topological polar surface area (TPSA) is 161 Å². The van der Waals surface area contributed by atoms with Crippen molar-refractivity contribution in [2.75, 3.05) is 23.2 Å². The van der Waals surface area contributed by atoms with Crippen LogP contribution in [0.1, 0.15) is 33.0 Å². The van der Waals surface area contributed by atoms with Crippen molar-refractivity contribution in [1.82, 2.24) is 19.2 Å². The summed E-state index contributed by atoms with van der Waals surface area (Å²) in [5.41, 5.74) is -3.56. The number of hydrogen-bond acceptors (Lipinski definition) is 8. The lowest BCUT2D eigenvalue weighted by atomic mass is 10.1. The maximum absolute atomic E-state index is 13.8. The Balaban J connectivity index is 2.06. The van der Waals surface area contributed by atoms with Crippen molar-refractivity contribution >= 4 is 37.7 Å². The molecule has 1 amide bonds. The van der Waals surface area contributed by atoms with E-state index in [1.54, 1.807) is 0 Å². The Hall–Kier alpha value is -3.23. The molecule has 230 valence electrons. The molecule has 0 fully saturated rings. The summed E-state index contributed by atoms with van der Waals surface area (Å²) in [6.07, 6.45) is -6.92. The third-order valence-electron chi connectivity index (χ3n) is 6.01. The Bertz CT molecular complexity index is 1510. The summed E-state index contributed by atoms with van der Waals surface area (Å²) >= 11 is 0. The minimum Gasteiger partial charge on any atom is -0.485 e. The first-order chi connectivity index (χ1) is 18.7. The number of aryl methyl sites for hydroxylation is 1. The molecule has 0 spiro atoms. The Morgan fingerprint density at radius 1 is 1.20 bits per heavy atom. The standard InChI is InChI=1S/C21H27F5N6O7S2/c1-11-17(10-31(30-11)18(22)23)40(34,35)32-12(2)16(9-28-41(36,37)27-5)38-15-7-6-13(8-14(15)32)29-19(33)39-20(3,4)21(24,25)26/h6-8,10,12,16,18,27-28H,9H2,1-5H3,(H,29,33).